The summed E-state index contributed by atoms with van der Waals surface area (Å²) in [5.74, 6) is 1.19. The van der Waals surface area contributed by atoms with Gasteiger partial charge in [0, 0.05) is 31.3 Å². The van der Waals surface area contributed by atoms with Crippen LogP contribution in [0.15, 0.2) is 12.3 Å². The molecule has 1 unspecified atom stereocenters. The zero-order valence-electron chi connectivity index (χ0n) is 9.77. The Bertz CT molecular complexity index is 397. The summed E-state index contributed by atoms with van der Waals surface area (Å²) in [5, 5.41) is 5.96. The van der Waals surface area contributed by atoms with E-state index in [9.17, 15) is 4.79 Å². The van der Waals surface area contributed by atoms with Crippen LogP contribution in [0.4, 0.5) is 5.95 Å². The largest absolute Gasteiger partial charge is 0.478 e. The number of amides is 1. The van der Waals surface area contributed by atoms with Crippen LogP contribution >= 0.6 is 0 Å². The summed E-state index contributed by atoms with van der Waals surface area (Å²) in [6.07, 6.45) is 3.11. The molecule has 2 N–H and O–H groups in total. The molecule has 92 valence electrons. The monoisotopic (exact) mass is 236 g/mol. The maximum absolute atomic E-state index is 11.0. The Kier molecular flexibility index (Phi) is 3.74. The van der Waals surface area contributed by atoms with Crippen LogP contribution in [-0.4, -0.2) is 35.1 Å². The second kappa shape index (κ2) is 5.47. The molecule has 0 spiro atoms. The number of ether oxygens (including phenoxy) is 1. The van der Waals surface area contributed by atoms with Gasteiger partial charge >= 0.3 is 0 Å². The van der Waals surface area contributed by atoms with E-state index in [2.05, 4.69) is 20.6 Å². The molecular formula is C11H16N4O2. The van der Waals surface area contributed by atoms with E-state index in [-0.39, 0.29) is 11.9 Å². The van der Waals surface area contributed by atoms with Crippen molar-refractivity contribution in [2.75, 3.05) is 18.5 Å². The summed E-state index contributed by atoms with van der Waals surface area (Å²) in [7, 11) is 0. The van der Waals surface area contributed by atoms with Gasteiger partial charge in [-0.25, -0.2) is 4.98 Å². The summed E-state index contributed by atoms with van der Waals surface area (Å²) in [6.45, 7) is 3.12. The minimum absolute atomic E-state index is 0.112. The third-order valence-electron chi connectivity index (χ3n) is 2.51. The van der Waals surface area contributed by atoms with Gasteiger partial charge in [0.2, 0.25) is 17.7 Å². The van der Waals surface area contributed by atoms with Crippen LogP contribution in [0, 0.1) is 0 Å². The van der Waals surface area contributed by atoms with E-state index >= 15 is 0 Å². The van der Waals surface area contributed by atoms with Crippen LogP contribution in [0.3, 0.4) is 0 Å². The number of nitrogens with one attached hydrogen (secondary N) is 2. The van der Waals surface area contributed by atoms with Crippen LogP contribution in [0.25, 0.3) is 0 Å². The summed E-state index contributed by atoms with van der Waals surface area (Å²) >= 11 is 0. The predicted molar refractivity (Wildman–Crippen MR) is 62.9 cm³/mol. The molecule has 2 rings (SSSR count). The molecular weight excluding hydrogens is 220 g/mol. The number of hydrogen-bond acceptors (Lipinski definition) is 5. The van der Waals surface area contributed by atoms with Crippen molar-refractivity contribution in [2.45, 2.75) is 25.8 Å². The number of carbonyl (C=O) groups is 1. The molecule has 1 aliphatic rings. The number of hydrogen-bond donors (Lipinski definition) is 2. The summed E-state index contributed by atoms with van der Waals surface area (Å²) in [6, 6.07) is 1.88. The van der Waals surface area contributed by atoms with Crippen molar-refractivity contribution in [2.24, 2.45) is 0 Å². The lowest BCUT2D eigenvalue weighted by molar-refractivity contribution is -0.119. The number of rotatable bonds is 5. The number of anilines is 1. The van der Waals surface area contributed by atoms with E-state index in [1.165, 1.54) is 0 Å². The number of aromatic nitrogens is 2. The first kappa shape index (κ1) is 11.6. The van der Waals surface area contributed by atoms with Gasteiger partial charge in [-0.3, -0.25) is 4.79 Å². The molecule has 0 aromatic carbocycles. The standard InChI is InChI=1S/C11H16N4O2/c1-2-17-10-5-6-12-11(15-10)13-7-8-3-4-9(16)14-8/h5-6,8H,2-4,7H2,1H3,(H,14,16)(H,12,13,15). The van der Waals surface area contributed by atoms with Crippen molar-refractivity contribution in [1.29, 1.82) is 0 Å². The van der Waals surface area contributed by atoms with E-state index in [1.54, 1.807) is 12.3 Å². The second-order valence-electron chi connectivity index (χ2n) is 3.84. The quantitative estimate of drug-likeness (QED) is 0.781. The van der Waals surface area contributed by atoms with Crippen LogP contribution < -0.4 is 15.4 Å². The lowest BCUT2D eigenvalue weighted by atomic mass is 10.2. The molecule has 0 saturated carbocycles. The van der Waals surface area contributed by atoms with Gasteiger partial charge in [-0.15, -0.1) is 0 Å². The van der Waals surface area contributed by atoms with E-state index in [1.807, 2.05) is 6.92 Å². The smallest absolute Gasteiger partial charge is 0.226 e. The van der Waals surface area contributed by atoms with Crippen molar-refractivity contribution in [1.82, 2.24) is 15.3 Å². The average molecular weight is 236 g/mol. The molecule has 0 radical (unpaired) electrons. The highest BCUT2D eigenvalue weighted by Crippen LogP contribution is 2.10. The van der Waals surface area contributed by atoms with Gasteiger partial charge in [-0.2, -0.15) is 4.98 Å². The Labute approximate surface area is 99.8 Å². The first-order chi connectivity index (χ1) is 8.28. The van der Waals surface area contributed by atoms with Gasteiger partial charge < -0.3 is 15.4 Å². The topological polar surface area (TPSA) is 76.1 Å². The Balaban J connectivity index is 1.85. The SMILES string of the molecule is CCOc1ccnc(NCC2CCC(=O)N2)n1. The van der Waals surface area contributed by atoms with E-state index in [4.69, 9.17) is 4.74 Å². The van der Waals surface area contributed by atoms with Crippen molar-refractivity contribution in [3.63, 3.8) is 0 Å². The predicted octanol–water partition coefficient (Wildman–Crippen LogP) is 0.566. The lowest BCUT2D eigenvalue weighted by Gasteiger charge is -2.11. The van der Waals surface area contributed by atoms with Gasteiger partial charge in [-0.1, -0.05) is 0 Å². The molecule has 0 bridgehead atoms. The Morgan fingerprint density at radius 2 is 2.53 bits per heavy atom. The molecule has 2 heterocycles. The molecule has 0 aliphatic carbocycles. The maximum atomic E-state index is 11.0. The van der Waals surface area contributed by atoms with Gasteiger partial charge in [-0.05, 0) is 13.3 Å². The highest BCUT2D eigenvalue weighted by Gasteiger charge is 2.20. The fourth-order valence-corrected chi connectivity index (χ4v) is 1.70. The molecule has 1 aliphatic heterocycles. The highest BCUT2D eigenvalue weighted by atomic mass is 16.5. The number of nitrogens with zero attached hydrogens (tertiary/aromatic N) is 2. The third-order valence-corrected chi connectivity index (χ3v) is 2.51. The molecule has 1 aromatic heterocycles. The minimum atomic E-state index is 0.112. The van der Waals surface area contributed by atoms with Crippen molar-refractivity contribution < 1.29 is 9.53 Å². The Hall–Kier alpha value is -1.85. The van der Waals surface area contributed by atoms with Gasteiger partial charge in [0.1, 0.15) is 0 Å². The first-order valence-electron chi connectivity index (χ1n) is 5.77. The van der Waals surface area contributed by atoms with E-state index in [0.717, 1.165) is 6.42 Å². The van der Waals surface area contributed by atoms with Crippen LogP contribution in [-0.2, 0) is 4.79 Å². The Morgan fingerprint density at radius 1 is 1.65 bits per heavy atom. The third kappa shape index (κ3) is 3.30. The zero-order chi connectivity index (χ0) is 12.1. The summed E-state index contributed by atoms with van der Waals surface area (Å²) in [4.78, 5) is 19.3. The second-order valence-corrected chi connectivity index (χ2v) is 3.84. The molecule has 1 saturated heterocycles. The zero-order valence-corrected chi connectivity index (χ0v) is 9.77. The average Bonchev–Trinajstić information content (AvgIpc) is 2.74. The molecule has 1 amide bonds. The molecule has 1 atom stereocenters. The first-order valence-corrected chi connectivity index (χ1v) is 5.77. The fraction of sp³-hybridized carbons (Fsp3) is 0.545. The van der Waals surface area contributed by atoms with Crippen molar-refractivity contribution in [3.8, 4) is 5.88 Å². The number of carbonyl (C=O) groups excluding carboxylic acids is 1. The summed E-state index contributed by atoms with van der Waals surface area (Å²) < 4.78 is 5.27. The molecule has 1 fully saturated rings. The lowest BCUT2D eigenvalue weighted by Crippen LogP contribution is -2.32. The molecule has 6 nitrogen and oxygen atoms in total. The highest BCUT2D eigenvalue weighted by molar-refractivity contribution is 5.78. The van der Waals surface area contributed by atoms with Gasteiger partial charge in [0.25, 0.3) is 0 Å². The Morgan fingerprint density at radius 3 is 3.24 bits per heavy atom. The van der Waals surface area contributed by atoms with Crippen LogP contribution in [0.2, 0.25) is 0 Å². The van der Waals surface area contributed by atoms with Crippen LogP contribution in [0.1, 0.15) is 19.8 Å². The van der Waals surface area contributed by atoms with E-state index in [0.29, 0.717) is 31.4 Å². The van der Waals surface area contributed by atoms with Gasteiger partial charge in [0.15, 0.2) is 0 Å². The molecule has 1 aromatic rings. The van der Waals surface area contributed by atoms with Crippen LogP contribution in [0.5, 0.6) is 5.88 Å². The normalized spacial score (nSPS) is 18.9. The summed E-state index contributed by atoms with van der Waals surface area (Å²) in [5.41, 5.74) is 0. The van der Waals surface area contributed by atoms with Crippen molar-refractivity contribution >= 4 is 11.9 Å². The van der Waals surface area contributed by atoms with Gasteiger partial charge in [0.05, 0.1) is 6.61 Å². The van der Waals surface area contributed by atoms with E-state index < -0.39 is 0 Å². The van der Waals surface area contributed by atoms with Crippen molar-refractivity contribution in [3.05, 3.63) is 12.3 Å². The molecule has 17 heavy (non-hydrogen) atoms. The fourth-order valence-electron chi connectivity index (χ4n) is 1.70. The minimum Gasteiger partial charge on any atom is -0.478 e. The maximum Gasteiger partial charge on any atom is 0.226 e. The molecule has 6 heteroatoms.